The van der Waals surface area contributed by atoms with Crippen LogP contribution in [0.4, 0.5) is 0 Å². The molecule has 4 aromatic rings. The Morgan fingerprint density at radius 1 is 0.960 bits per heavy atom. The lowest BCUT2D eigenvalue weighted by Crippen LogP contribution is -2.40. The van der Waals surface area contributed by atoms with Crippen molar-refractivity contribution < 1.29 is 38.0 Å². The summed E-state index contributed by atoms with van der Waals surface area (Å²) in [5, 5.41) is 0. The molecule has 1 aliphatic rings. The Kier molecular flexibility index (Phi) is 11.8. The minimum absolute atomic E-state index is 0.138. The van der Waals surface area contributed by atoms with Crippen molar-refractivity contribution in [1.82, 2.24) is 4.57 Å². The molecule has 0 fully saturated rings. The second kappa shape index (κ2) is 16.2. The lowest BCUT2D eigenvalue weighted by molar-refractivity contribution is -0.143. The Bertz CT molecular complexity index is 2140. The number of hydrogen-bond donors (Lipinski definition) is 0. The smallest absolute Gasteiger partial charge is 0.343 e. The van der Waals surface area contributed by atoms with E-state index < -0.39 is 18.0 Å². The van der Waals surface area contributed by atoms with Crippen molar-refractivity contribution in [3.8, 4) is 23.0 Å². The maximum atomic E-state index is 14.2. The van der Waals surface area contributed by atoms with Gasteiger partial charge in [-0.05, 0) is 90.7 Å². The molecule has 1 aromatic heterocycles. The standard InChI is InChI=1S/C37H37BrN2O9S/c1-7-46-28-18-25(12-13-27(28)48-20-31(41)45-6)33-32(36(43)47-8-2)22(4)39-37-40(33)35(42)30(50-37)17-24-15-26(38)34(29(16-24)44-5)49-19-23-11-9-10-21(3)14-23/h9-18,33H,7-8,19-20H2,1-6H3/b30-17-/t33-/m0/s1. The first-order chi connectivity index (χ1) is 24.1. The quantitative estimate of drug-likeness (QED) is 0.165. The summed E-state index contributed by atoms with van der Waals surface area (Å²) in [6, 6.07) is 15.8. The predicted octanol–water partition coefficient (Wildman–Crippen LogP) is 5.41. The largest absolute Gasteiger partial charge is 0.493 e. The predicted molar refractivity (Wildman–Crippen MR) is 192 cm³/mol. The summed E-state index contributed by atoms with van der Waals surface area (Å²) in [6.45, 7) is 7.73. The van der Waals surface area contributed by atoms with Gasteiger partial charge in [-0.1, -0.05) is 47.2 Å². The van der Waals surface area contributed by atoms with Crippen molar-refractivity contribution in [3.05, 3.63) is 112 Å². The van der Waals surface area contributed by atoms with Gasteiger partial charge in [0.2, 0.25) is 0 Å². The van der Waals surface area contributed by atoms with Gasteiger partial charge in [-0.2, -0.15) is 0 Å². The summed E-state index contributed by atoms with van der Waals surface area (Å²) in [6.07, 6.45) is 1.75. The van der Waals surface area contributed by atoms with Gasteiger partial charge in [-0.25, -0.2) is 14.6 Å². The Balaban J connectivity index is 1.58. The van der Waals surface area contributed by atoms with Gasteiger partial charge in [-0.3, -0.25) is 9.36 Å². The van der Waals surface area contributed by atoms with E-state index >= 15 is 0 Å². The fraction of sp³-hybridized carbons (Fsp3) is 0.297. The molecule has 1 aliphatic heterocycles. The van der Waals surface area contributed by atoms with E-state index in [-0.39, 0.29) is 24.3 Å². The molecule has 3 aromatic carbocycles. The number of carbonyl (C=O) groups is 2. The zero-order chi connectivity index (χ0) is 35.9. The molecule has 50 heavy (non-hydrogen) atoms. The third kappa shape index (κ3) is 7.95. The van der Waals surface area contributed by atoms with Crippen LogP contribution in [0.1, 0.15) is 49.1 Å². The number of carbonyl (C=O) groups excluding carboxylic acids is 2. The second-order valence-electron chi connectivity index (χ2n) is 11.1. The summed E-state index contributed by atoms with van der Waals surface area (Å²) < 4.78 is 36.0. The van der Waals surface area contributed by atoms with E-state index in [0.29, 0.717) is 66.8 Å². The van der Waals surface area contributed by atoms with Crippen molar-refractivity contribution in [2.45, 2.75) is 40.3 Å². The lowest BCUT2D eigenvalue weighted by Gasteiger charge is -2.25. The highest BCUT2D eigenvalue weighted by Gasteiger charge is 2.34. The number of fused-ring (bicyclic) bond motifs is 1. The van der Waals surface area contributed by atoms with Crippen LogP contribution in [0.25, 0.3) is 6.08 Å². The van der Waals surface area contributed by atoms with Gasteiger partial charge >= 0.3 is 11.9 Å². The minimum atomic E-state index is -0.889. The fourth-order valence-corrected chi connectivity index (χ4v) is 7.08. The molecule has 13 heteroatoms. The van der Waals surface area contributed by atoms with Gasteiger partial charge in [0.15, 0.2) is 34.4 Å². The van der Waals surface area contributed by atoms with Gasteiger partial charge in [0, 0.05) is 0 Å². The maximum absolute atomic E-state index is 14.2. The summed E-state index contributed by atoms with van der Waals surface area (Å²) in [4.78, 5) is 44.5. The number of nitrogens with zero attached hydrogens (tertiary/aromatic N) is 2. The minimum Gasteiger partial charge on any atom is -0.493 e. The molecule has 1 atom stereocenters. The fourth-order valence-electron chi connectivity index (χ4n) is 5.46. The normalized spacial score (nSPS) is 14.1. The van der Waals surface area contributed by atoms with Crippen molar-refractivity contribution >= 4 is 45.3 Å². The third-order valence-electron chi connectivity index (χ3n) is 7.69. The van der Waals surface area contributed by atoms with Gasteiger partial charge in [0.05, 0.1) is 53.8 Å². The zero-order valence-corrected chi connectivity index (χ0v) is 30.9. The summed E-state index contributed by atoms with van der Waals surface area (Å²) in [5.74, 6) is 0.509. The number of benzene rings is 3. The van der Waals surface area contributed by atoms with Crippen LogP contribution in [0.3, 0.4) is 0 Å². The Morgan fingerprint density at radius 3 is 2.46 bits per heavy atom. The Hall–Kier alpha value is -4.88. The summed E-state index contributed by atoms with van der Waals surface area (Å²) in [5.41, 5.74) is 3.69. The molecule has 0 bridgehead atoms. The first-order valence-electron chi connectivity index (χ1n) is 15.8. The number of ether oxygens (including phenoxy) is 6. The second-order valence-corrected chi connectivity index (χ2v) is 13.0. The molecule has 0 radical (unpaired) electrons. The van der Waals surface area contributed by atoms with E-state index in [2.05, 4.69) is 27.0 Å². The maximum Gasteiger partial charge on any atom is 0.343 e. The third-order valence-corrected chi connectivity index (χ3v) is 9.26. The number of hydrogen-bond acceptors (Lipinski definition) is 11. The molecule has 2 heterocycles. The van der Waals surface area contributed by atoms with Gasteiger partial charge in [0.1, 0.15) is 6.61 Å². The van der Waals surface area contributed by atoms with Crippen molar-refractivity contribution in [2.75, 3.05) is 34.0 Å². The number of esters is 2. The molecule has 0 aliphatic carbocycles. The molecular formula is C37H37BrN2O9S. The number of rotatable bonds is 13. The lowest BCUT2D eigenvalue weighted by atomic mass is 9.95. The van der Waals surface area contributed by atoms with E-state index in [1.807, 2.05) is 38.1 Å². The van der Waals surface area contributed by atoms with Crippen molar-refractivity contribution in [2.24, 2.45) is 4.99 Å². The molecule has 262 valence electrons. The van der Waals surface area contributed by atoms with Crippen LogP contribution in [-0.4, -0.2) is 50.5 Å². The van der Waals surface area contributed by atoms with E-state index in [1.165, 1.54) is 23.0 Å². The molecule has 0 N–H and O–H groups in total. The first-order valence-corrected chi connectivity index (χ1v) is 17.4. The highest BCUT2D eigenvalue weighted by atomic mass is 79.9. The van der Waals surface area contributed by atoms with Crippen LogP contribution in [0, 0.1) is 6.92 Å². The molecular weight excluding hydrogens is 728 g/mol. The molecule has 0 amide bonds. The molecule has 0 saturated carbocycles. The number of methoxy groups -OCH3 is 2. The van der Waals surface area contributed by atoms with Crippen molar-refractivity contribution in [3.63, 3.8) is 0 Å². The van der Waals surface area contributed by atoms with Gasteiger partial charge in [0.25, 0.3) is 5.56 Å². The molecule has 0 saturated heterocycles. The van der Waals surface area contributed by atoms with Gasteiger partial charge in [-0.15, -0.1) is 0 Å². The van der Waals surface area contributed by atoms with Crippen LogP contribution in [0.5, 0.6) is 23.0 Å². The Labute approximate surface area is 301 Å². The molecule has 0 spiro atoms. The molecule has 11 nitrogen and oxygen atoms in total. The number of aryl methyl sites for hydroxylation is 1. The average Bonchev–Trinajstić information content (AvgIpc) is 3.39. The van der Waals surface area contributed by atoms with Crippen LogP contribution in [0.2, 0.25) is 0 Å². The van der Waals surface area contributed by atoms with Crippen LogP contribution < -0.4 is 33.8 Å². The van der Waals surface area contributed by atoms with E-state index in [4.69, 9.17) is 28.4 Å². The summed E-state index contributed by atoms with van der Waals surface area (Å²) in [7, 11) is 2.83. The van der Waals surface area contributed by atoms with Crippen molar-refractivity contribution in [1.29, 1.82) is 0 Å². The Morgan fingerprint density at radius 2 is 1.76 bits per heavy atom. The monoisotopic (exact) mass is 764 g/mol. The van der Waals surface area contributed by atoms with Gasteiger partial charge < -0.3 is 28.4 Å². The first kappa shape index (κ1) is 36.4. The average molecular weight is 766 g/mol. The highest BCUT2D eigenvalue weighted by molar-refractivity contribution is 9.10. The van der Waals surface area contributed by atoms with Crippen LogP contribution in [-0.2, 0) is 25.7 Å². The van der Waals surface area contributed by atoms with E-state index in [9.17, 15) is 14.4 Å². The number of halogens is 1. The highest BCUT2D eigenvalue weighted by Crippen LogP contribution is 2.38. The SMILES string of the molecule is CCOC(=O)C1=C(C)N=c2s/c(=C\c3cc(Br)c(OCc4cccc(C)c4)c(OC)c3)c(=O)n2[C@H]1c1ccc(OCC(=O)OC)c(OCC)c1. The zero-order valence-electron chi connectivity index (χ0n) is 28.5. The number of allylic oxidation sites excluding steroid dienone is 1. The number of thiazole rings is 1. The topological polar surface area (TPSA) is 124 Å². The van der Waals surface area contributed by atoms with E-state index in [0.717, 1.165) is 11.1 Å². The van der Waals surface area contributed by atoms with Crippen LogP contribution in [0.15, 0.2) is 80.1 Å². The number of aromatic nitrogens is 1. The summed E-state index contributed by atoms with van der Waals surface area (Å²) >= 11 is 4.82. The van der Waals surface area contributed by atoms with E-state index in [1.54, 1.807) is 51.3 Å². The molecule has 5 rings (SSSR count). The molecule has 0 unspecified atom stereocenters. The van der Waals surface area contributed by atoms with Crippen LogP contribution >= 0.6 is 27.3 Å².